The average molecular weight is 281 g/mol. The topological polar surface area (TPSA) is 58.6 Å². The van der Waals surface area contributed by atoms with Gasteiger partial charge in [0.1, 0.15) is 23.2 Å². The summed E-state index contributed by atoms with van der Waals surface area (Å²) in [7, 11) is 0. The van der Waals surface area contributed by atoms with Gasteiger partial charge in [-0.15, -0.1) is 0 Å². The van der Waals surface area contributed by atoms with E-state index in [-0.39, 0.29) is 11.9 Å². The van der Waals surface area contributed by atoms with Crippen LogP contribution >= 0.6 is 0 Å². The van der Waals surface area contributed by atoms with Gasteiger partial charge in [-0.05, 0) is 50.1 Å². The van der Waals surface area contributed by atoms with E-state index in [2.05, 4.69) is 5.32 Å². The van der Waals surface area contributed by atoms with E-state index in [4.69, 9.17) is 4.74 Å². The number of ether oxygens (including phenoxy) is 1. The van der Waals surface area contributed by atoms with E-state index in [1.807, 2.05) is 6.92 Å². The van der Waals surface area contributed by atoms with Gasteiger partial charge in [-0.3, -0.25) is 4.79 Å². The van der Waals surface area contributed by atoms with Crippen molar-refractivity contribution < 1.29 is 19.0 Å². The molecule has 0 aromatic heterocycles. The van der Waals surface area contributed by atoms with Crippen molar-refractivity contribution in [3.8, 4) is 5.75 Å². The molecule has 0 bridgehead atoms. The number of nitrogens with one attached hydrogen (secondary N) is 1. The third-order valence-electron chi connectivity index (χ3n) is 3.75. The van der Waals surface area contributed by atoms with Crippen LogP contribution in [0.1, 0.15) is 32.6 Å². The minimum atomic E-state index is -0.905. The minimum absolute atomic E-state index is 0.163. The van der Waals surface area contributed by atoms with Crippen molar-refractivity contribution in [3.05, 3.63) is 30.1 Å². The predicted molar refractivity (Wildman–Crippen MR) is 73.3 cm³/mol. The Balaban J connectivity index is 2.05. The van der Waals surface area contributed by atoms with Gasteiger partial charge in [0, 0.05) is 6.42 Å². The van der Waals surface area contributed by atoms with E-state index >= 15 is 0 Å². The molecule has 0 spiro atoms. The Morgan fingerprint density at radius 1 is 1.50 bits per heavy atom. The molecule has 1 saturated carbocycles. The summed E-state index contributed by atoms with van der Waals surface area (Å²) in [5, 5.41) is 12.6. The maximum Gasteiger partial charge on any atom is 0.324 e. The molecule has 4 nitrogen and oxygen atoms in total. The summed E-state index contributed by atoms with van der Waals surface area (Å²) in [4.78, 5) is 11.5. The van der Waals surface area contributed by atoms with Gasteiger partial charge in [0.05, 0.1) is 0 Å². The SMILES string of the molecule is CCNC1(C(=O)O)CCCC(Oc2ccc(F)cc2)C1. The van der Waals surface area contributed by atoms with E-state index in [0.29, 0.717) is 25.1 Å². The lowest BCUT2D eigenvalue weighted by Crippen LogP contribution is -2.56. The number of carbonyl (C=O) groups is 1. The second kappa shape index (κ2) is 6.22. The van der Waals surface area contributed by atoms with Gasteiger partial charge in [0.15, 0.2) is 0 Å². The predicted octanol–water partition coefficient (Wildman–Crippen LogP) is 2.58. The van der Waals surface area contributed by atoms with Gasteiger partial charge in [0.2, 0.25) is 0 Å². The van der Waals surface area contributed by atoms with Crippen molar-refractivity contribution >= 4 is 5.97 Å². The fourth-order valence-electron chi connectivity index (χ4n) is 2.80. The van der Waals surface area contributed by atoms with E-state index in [9.17, 15) is 14.3 Å². The minimum Gasteiger partial charge on any atom is -0.490 e. The average Bonchev–Trinajstić information content (AvgIpc) is 2.42. The number of carboxylic acid groups (broad SMARTS) is 1. The fourth-order valence-corrected chi connectivity index (χ4v) is 2.80. The van der Waals surface area contributed by atoms with Crippen LogP contribution in [0.25, 0.3) is 0 Å². The number of hydrogen-bond donors (Lipinski definition) is 2. The quantitative estimate of drug-likeness (QED) is 0.871. The van der Waals surface area contributed by atoms with Crippen molar-refractivity contribution in [1.82, 2.24) is 5.32 Å². The van der Waals surface area contributed by atoms with E-state index in [1.54, 1.807) is 12.1 Å². The van der Waals surface area contributed by atoms with Crippen LogP contribution in [0, 0.1) is 5.82 Å². The summed E-state index contributed by atoms with van der Waals surface area (Å²) < 4.78 is 18.6. The molecule has 1 aliphatic carbocycles. The van der Waals surface area contributed by atoms with Gasteiger partial charge < -0.3 is 15.2 Å². The smallest absolute Gasteiger partial charge is 0.324 e. The first kappa shape index (κ1) is 14.8. The molecule has 1 aromatic rings. The monoisotopic (exact) mass is 281 g/mol. The maximum absolute atomic E-state index is 12.9. The number of rotatable bonds is 5. The standard InChI is InChI=1S/C15H20FNO3/c1-2-17-15(14(18)19)9-3-4-13(10-15)20-12-7-5-11(16)6-8-12/h5-8,13,17H,2-4,9-10H2,1H3,(H,18,19). The highest BCUT2D eigenvalue weighted by molar-refractivity contribution is 5.79. The Morgan fingerprint density at radius 3 is 2.80 bits per heavy atom. The molecule has 1 aliphatic rings. The first-order valence-corrected chi connectivity index (χ1v) is 6.96. The summed E-state index contributed by atoms with van der Waals surface area (Å²) in [6.45, 7) is 2.50. The lowest BCUT2D eigenvalue weighted by Gasteiger charge is -2.38. The first-order chi connectivity index (χ1) is 9.55. The number of halogens is 1. The van der Waals surface area contributed by atoms with Crippen molar-refractivity contribution in [1.29, 1.82) is 0 Å². The lowest BCUT2D eigenvalue weighted by atomic mass is 9.80. The highest BCUT2D eigenvalue weighted by atomic mass is 19.1. The summed E-state index contributed by atoms with van der Waals surface area (Å²) in [6.07, 6.45) is 2.49. The molecular formula is C15H20FNO3. The second-order valence-electron chi connectivity index (χ2n) is 5.21. The van der Waals surface area contributed by atoms with E-state index < -0.39 is 11.5 Å². The number of benzene rings is 1. The first-order valence-electron chi connectivity index (χ1n) is 6.96. The number of likely N-dealkylation sites (N-methyl/N-ethyl adjacent to an activating group) is 1. The molecular weight excluding hydrogens is 261 g/mol. The molecule has 0 saturated heterocycles. The lowest BCUT2D eigenvalue weighted by molar-refractivity contribution is -0.147. The van der Waals surface area contributed by atoms with E-state index in [1.165, 1.54) is 12.1 Å². The summed E-state index contributed by atoms with van der Waals surface area (Å²) in [6, 6.07) is 5.82. The van der Waals surface area contributed by atoms with Crippen molar-refractivity contribution in [3.63, 3.8) is 0 Å². The summed E-state index contributed by atoms with van der Waals surface area (Å²) in [5.74, 6) is -0.561. The van der Waals surface area contributed by atoms with Crippen LogP contribution in [0.15, 0.2) is 24.3 Å². The van der Waals surface area contributed by atoms with Crippen molar-refractivity contribution in [2.45, 2.75) is 44.2 Å². The molecule has 5 heteroatoms. The van der Waals surface area contributed by atoms with Crippen LogP contribution in [-0.2, 0) is 4.79 Å². The van der Waals surface area contributed by atoms with Crippen LogP contribution in [0.3, 0.4) is 0 Å². The zero-order valence-electron chi connectivity index (χ0n) is 11.6. The van der Waals surface area contributed by atoms with Gasteiger partial charge >= 0.3 is 5.97 Å². The van der Waals surface area contributed by atoms with Gasteiger partial charge in [-0.1, -0.05) is 6.92 Å². The Morgan fingerprint density at radius 2 is 2.20 bits per heavy atom. The fraction of sp³-hybridized carbons (Fsp3) is 0.533. The molecule has 2 atom stereocenters. The number of aliphatic carboxylic acids is 1. The largest absolute Gasteiger partial charge is 0.490 e. The van der Waals surface area contributed by atoms with Crippen LogP contribution in [-0.4, -0.2) is 29.3 Å². The normalized spacial score (nSPS) is 26.2. The highest BCUT2D eigenvalue weighted by Crippen LogP contribution is 2.31. The van der Waals surface area contributed by atoms with Crippen LogP contribution in [0.5, 0.6) is 5.75 Å². The molecule has 0 amide bonds. The maximum atomic E-state index is 12.9. The summed E-state index contributed by atoms with van der Waals surface area (Å²) >= 11 is 0. The number of hydrogen-bond acceptors (Lipinski definition) is 3. The van der Waals surface area contributed by atoms with Gasteiger partial charge in [-0.2, -0.15) is 0 Å². The zero-order valence-corrected chi connectivity index (χ0v) is 11.6. The molecule has 0 radical (unpaired) electrons. The van der Waals surface area contributed by atoms with Gasteiger partial charge in [0.25, 0.3) is 0 Å². The van der Waals surface area contributed by atoms with Crippen LogP contribution in [0.4, 0.5) is 4.39 Å². The highest BCUT2D eigenvalue weighted by Gasteiger charge is 2.43. The third kappa shape index (κ3) is 3.28. The third-order valence-corrected chi connectivity index (χ3v) is 3.75. The Bertz CT molecular complexity index is 459. The molecule has 0 heterocycles. The second-order valence-corrected chi connectivity index (χ2v) is 5.21. The molecule has 0 aliphatic heterocycles. The number of carboxylic acids is 1. The summed E-state index contributed by atoms with van der Waals surface area (Å²) in [5.41, 5.74) is -0.905. The molecule has 2 rings (SSSR count). The van der Waals surface area contributed by atoms with Gasteiger partial charge in [-0.25, -0.2) is 4.39 Å². The van der Waals surface area contributed by atoms with Crippen LogP contribution in [0.2, 0.25) is 0 Å². The molecule has 2 unspecified atom stereocenters. The Hall–Kier alpha value is -1.62. The molecule has 1 fully saturated rings. The van der Waals surface area contributed by atoms with Crippen LogP contribution < -0.4 is 10.1 Å². The Kier molecular flexibility index (Phi) is 4.60. The molecule has 20 heavy (non-hydrogen) atoms. The molecule has 2 N–H and O–H groups in total. The van der Waals surface area contributed by atoms with Crippen molar-refractivity contribution in [2.75, 3.05) is 6.54 Å². The molecule has 110 valence electrons. The van der Waals surface area contributed by atoms with Crippen molar-refractivity contribution in [2.24, 2.45) is 0 Å². The molecule has 1 aromatic carbocycles. The Labute approximate surface area is 117 Å². The zero-order chi connectivity index (χ0) is 14.6. The van der Waals surface area contributed by atoms with E-state index in [0.717, 1.165) is 12.8 Å².